The second kappa shape index (κ2) is 27.0. The molecule has 8 saturated carbocycles. The third-order valence-corrected chi connectivity index (χ3v) is 31.4. The molecule has 9 fully saturated rings. The molecule has 0 amide bonds. The molecule has 0 aromatic heterocycles. The number of epoxide rings is 1. The molecule has 91 heavy (non-hydrogen) atoms. The number of alkyl halides is 4. The Morgan fingerprint density at radius 3 is 1.42 bits per heavy atom. The molecule has 1 saturated heterocycles. The summed E-state index contributed by atoms with van der Waals surface area (Å²) in [5.41, 5.74) is 0.907. The third kappa shape index (κ3) is 15.0. The van der Waals surface area contributed by atoms with Gasteiger partial charge in [-0.15, -0.1) is 0 Å². The number of rotatable bonds is 11. The average molecular weight is 1300 g/mol. The van der Waals surface area contributed by atoms with Crippen molar-refractivity contribution < 1.29 is 73.3 Å². The summed E-state index contributed by atoms with van der Waals surface area (Å²) in [6.07, 6.45) is 24.2. The van der Waals surface area contributed by atoms with Crippen molar-refractivity contribution in [2.45, 2.75) is 285 Å². The van der Waals surface area contributed by atoms with E-state index in [-0.39, 0.29) is 107 Å². The van der Waals surface area contributed by atoms with Crippen LogP contribution in [0.5, 0.6) is 0 Å². The molecule has 11 aliphatic rings. The van der Waals surface area contributed by atoms with Crippen molar-refractivity contribution in [3.05, 3.63) is 90.9 Å². The van der Waals surface area contributed by atoms with Gasteiger partial charge in [-0.1, -0.05) is 115 Å². The first-order valence-electron chi connectivity index (χ1n) is 35.3. The predicted octanol–water partition coefficient (Wildman–Crippen LogP) is 15.1. The molecule has 3 N–H and O–H groups in total. The van der Waals surface area contributed by atoms with Crippen LogP contribution in [-0.2, 0) is 24.4 Å². The average Bonchev–Trinajstić information content (AvgIpc) is 1.64. The van der Waals surface area contributed by atoms with Crippen LogP contribution in [0.4, 0.5) is 17.6 Å². The first-order valence-corrected chi connectivity index (χ1v) is 38.5. The maximum absolute atomic E-state index is 14.3. The quantitative estimate of drug-likeness (QED) is 0.0664. The van der Waals surface area contributed by atoms with Gasteiger partial charge >= 0.3 is 18.9 Å². The molecule has 0 radical (unpaired) electrons. The van der Waals surface area contributed by atoms with Crippen molar-refractivity contribution in [2.24, 2.45) is 80.8 Å². The Morgan fingerprint density at radius 1 is 0.560 bits per heavy atom. The summed E-state index contributed by atoms with van der Waals surface area (Å²) < 4.78 is 113. The Bertz CT molecular complexity index is 3080. The number of aliphatic hydroxyl groups is 3. The van der Waals surface area contributed by atoms with Crippen LogP contribution in [0.1, 0.15) is 236 Å². The number of ether oxygens (including phenoxy) is 1. The van der Waals surface area contributed by atoms with Crippen molar-refractivity contribution in [1.82, 2.24) is 0 Å². The number of halogens is 4. The van der Waals surface area contributed by atoms with Gasteiger partial charge in [0.05, 0.1) is 49.8 Å². The molecular weight excluding hydrogens is 1190 g/mol. The molecule has 8 nitrogen and oxygen atoms in total. The molecule has 0 bridgehead atoms. The number of hydrogen-bond donors (Lipinski definition) is 3. The molecule has 506 valence electrons. The fourth-order valence-electron chi connectivity index (χ4n) is 21.4. The Kier molecular flexibility index (Phi) is 21.7. The maximum atomic E-state index is 14.3. The van der Waals surface area contributed by atoms with Crippen molar-refractivity contribution in [1.29, 1.82) is 0 Å². The standard InChI is InChI=1S/C36H52F2O4S.C29H42O3S.C7H10F2O.C4H9.Li/c1-24(31(43(41,42)26-8-6-5-7-9-26)23-35(40)18-20-36(37,38)21-19-35)28-12-13-29-27-11-10-25-22-32(2,39)16-17-33(25,3)30(27)14-15-34(28,29)4;1-20(19-33(31,32)22-8-6-5-7-9-22)24-12-13-25-23-11-10-21-18-27(2,30)16-17-28(21,3)26(23)14-15-29(24,25)4;8-7(9)3-1-6(2-4-7)5-10-6;1-3-4-2;/h5-10,24,27-31,39-40H,11-23H2,1-4H3;5-10,20,23-26,30H,11-19H2,1-4H3;1-5H2;1,3-4H2,2H3;/q;;;-1;+1/t24-,27-,28+,29-,30-,31?,32-,33-,34+;20-,23+,24-,25+,26+,27+,28+,29-;;;/m01.../s1. The molecule has 1 unspecified atom stereocenters. The van der Waals surface area contributed by atoms with Gasteiger partial charge in [0.1, 0.15) is 0 Å². The number of sulfone groups is 2. The number of hydrogen-bond acceptors (Lipinski definition) is 8. The van der Waals surface area contributed by atoms with E-state index in [2.05, 4.69) is 67.5 Å². The van der Waals surface area contributed by atoms with Crippen LogP contribution >= 0.6 is 0 Å². The van der Waals surface area contributed by atoms with Crippen LogP contribution < -0.4 is 18.9 Å². The van der Waals surface area contributed by atoms with E-state index in [1.165, 1.54) is 36.8 Å². The van der Waals surface area contributed by atoms with Crippen LogP contribution in [0.3, 0.4) is 0 Å². The zero-order valence-electron chi connectivity index (χ0n) is 57.2. The Balaban J connectivity index is 0.000000179. The molecule has 13 rings (SSSR count). The van der Waals surface area contributed by atoms with Gasteiger partial charge in [0.2, 0.25) is 11.8 Å². The predicted molar refractivity (Wildman–Crippen MR) is 351 cm³/mol. The summed E-state index contributed by atoms with van der Waals surface area (Å²) in [7, 11) is -7.06. The Morgan fingerprint density at radius 2 is 0.978 bits per heavy atom. The fourth-order valence-corrected chi connectivity index (χ4v) is 25.3. The summed E-state index contributed by atoms with van der Waals surface area (Å²) in [4.78, 5) is 0.720. The molecule has 1 aliphatic heterocycles. The summed E-state index contributed by atoms with van der Waals surface area (Å²) >= 11 is 0. The molecule has 17 atom stereocenters. The molecule has 1 spiro atoms. The molecule has 10 aliphatic carbocycles. The van der Waals surface area contributed by atoms with Gasteiger partial charge in [-0.25, -0.2) is 34.4 Å². The second-order valence-corrected chi connectivity index (χ2v) is 37.3. The van der Waals surface area contributed by atoms with E-state index < -0.39 is 66.4 Å². The van der Waals surface area contributed by atoms with E-state index in [1.807, 2.05) is 32.0 Å². The largest absolute Gasteiger partial charge is 1.00 e. The van der Waals surface area contributed by atoms with Crippen molar-refractivity contribution in [3.63, 3.8) is 0 Å². The Labute approximate surface area is 558 Å². The van der Waals surface area contributed by atoms with Crippen molar-refractivity contribution in [2.75, 3.05) is 12.4 Å². The minimum atomic E-state index is -3.81. The van der Waals surface area contributed by atoms with Gasteiger partial charge in [0.25, 0.3) is 0 Å². The molecule has 2 aromatic carbocycles. The summed E-state index contributed by atoms with van der Waals surface area (Å²) in [6, 6.07) is 17.5. The smallest absolute Gasteiger partial charge is 0.390 e. The Hall–Kier alpha value is -2.02. The van der Waals surface area contributed by atoms with Gasteiger partial charge in [0, 0.05) is 25.7 Å². The van der Waals surface area contributed by atoms with Gasteiger partial charge in [-0.3, -0.25) is 0 Å². The second-order valence-electron chi connectivity index (χ2n) is 33.1. The number of fused-ring (bicyclic) bond motifs is 10. The van der Waals surface area contributed by atoms with Gasteiger partial charge in [-0.2, -0.15) is 6.42 Å². The SMILES string of the molecule is C[C@H](C(CC1(O)CCC(F)(F)CC1)S(=O)(=O)c1ccccc1)[C@H]1CC[C@H]2[C@@H]3CC=C4C[C@@](C)(O)CC[C@]4(C)[C@H]3CC[C@]12C.C[C@H](CS(=O)(=O)c1ccccc1)[C@H]1CC[C@H]2[C@@H]3CC=C4C[C@@](C)(O)CC[C@]4(C)[C@H]3CC[C@]12C.FC1(F)CCC2(CC1)CO2.[CH2-]CCC.[Li+]. The van der Waals surface area contributed by atoms with Gasteiger partial charge in [0.15, 0.2) is 19.7 Å². The summed E-state index contributed by atoms with van der Waals surface area (Å²) in [5.74, 6) is -0.541. The third-order valence-electron chi connectivity index (χ3n) is 27.2. The zero-order chi connectivity index (χ0) is 65.4. The zero-order valence-corrected chi connectivity index (χ0v) is 58.8. The molecular formula is C76H113F4LiO8S2. The summed E-state index contributed by atoms with van der Waals surface area (Å²) in [6.45, 7) is 24.5. The van der Waals surface area contributed by atoms with E-state index >= 15 is 0 Å². The van der Waals surface area contributed by atoms with Crippen LogP contribution in [0.15, 0.2) is 93.8 Å². The maximum Gasteiger partial charge on any atom is 1.00 e. The van der Waals surface area contributed by atoms with E-state index in [0.29, 0.717) is 65.8 Å². The number of unbranched alkanes of at least 4 members (excludes halogenated alkanes) is 1. The van der Waals surface area contributed by atoms with Crippen molar-refractivity contribution in [3.8, 4) is 0 Å². The van der Waals surface area contributed by atoms with Gasteiger partial charge < -0.3 is 27.0 Å². The minimum Gasteiger partial charge on any atom is -0.390 e. The van der Waals surface area contributed by atoms with Crippen LogP contribution in [0.2, 0.25) is 0 Å². The first-order chi connectivity index (χ1) is 42.0. The van der Waals surface area contributed by atoms with E-state index in [9.17, 15) is 49.7 Å². The number of allylic oxidation sites excluding steroid dienone is 2. The normalized spacial score (nSPS) is 39.7. The van der Waals surface area contributed by atoms with Crippen molar-refractivity contribution >= 4 is 19.7 Å². The minimum absolute atomic E-state index is 0. The monoisotopic (exact) mass is 1300 g/mol. The topological polar surface area (TPSA) is 141 Å². The number of benzene rings is 2. The molecule has 2 aromatic rings. The summed E-state index contributed by atoms with van der Waals surface area (Å²) in [5, 5.41) is 32.3. The van der Waals surface area contributed by atoms with Crippen LogP contribution in [-0.4, -0.2) is 84.0 Å². The van der Waals surface area contributed by atoms with E-state index in [0.717, 1.165) is 89.9 Å². The molecule has 15 heteroatoms. The van der Waals surface area contributed by atoms with E-state index in [4.69, 9.17) is 4.74 Å². The van der Waals surface area contributed by atoms with Gasteiger partial charge in [-0.05, 0) is 254 Å². The molecule has 1 heterocycles. The van der Waals surface area contributed by atoms with E-state index in [1.54, 1.807) is 42.5 Å². The van der Waals surface area contributed by atoms with Crippen LogP contribution in [0.25, 0.3) is 0 Å². The fraction of sp³-hybridized carbons (Fsp3) is 0.776. The first kappa shape index (κ1) is 73.2. The van der Waals surface area contributed by atoms with Crippen LogP contribution in [0, 0.1) is 87.8 Å².